The lowest BCUT2D eigenvalue weighted by molar-refractivity contribution is 0.481. The minimum absolute atomic E-state index is 0.219. The summed E-state index contributed by atoms with van der Waals surface area (Å²) in [5, 5.41) is 0. The normalized spacial score (nSPS) is 13.5. The molecule has 1 aliphatic rings. The van der Waals surface area contributed by atoms with Crippen molar-refractivity contribution in [3.63, 3.8) is 0 Å². The van der Waals surface area contributed by atoms with Crippen molar-refractivity contribution in [1.82, 2.24) is 0 Å². The molecule has 2 aromatic rings. The first kappa shape index (κ1) is 18.3. The molecule has 0 spiro atoms. The second-order valence-corrected chi connectivity index (χ2v) is 8.75. The van der Waals surface area contributed by atoms with Crippen LogP contribution < -0.4 is 4.90 Å². The first-order valence-corrected chi connectivity index (χ1v) is 11.0. The molecule has 0 amide bonds. The van der Waals surface area contributed by atoms with Gasteiger partial charge in [0.1, 0.15) is 0 Å². The molecule has 134 valence electrons. The topological polar surface area (TPSA) is 57.6 Å². The molecule has 0 aromatic heterocycles. The average molecular weight is 378 g/mol. The molecule has 4 nitrogen and oxygen atoms in total. The number of fused-ring (bicyclic) bond motifs is 2. The number of para-hydroxylation sites is 1. The highest BCUT2D eigenvalue weighted by atomic mass is 32.2. The molecule has 25 heavy (non-hydrogen) atoms. The van der Waals surface area contributed by atoms with Crippen molar-refractivity contribution in [2.24, 2.45) is 0 Å². The maximum Gasteiger partial charge on any atom is 0.264 e. The van der Waals surface area contributed by atoms with Crippen molar-refractivity contribution in [2.45, 2.75) is 42.9 Å². The summed E-state index contributed by atoms with van der Waals surface area (Å²) in [4.78, 5) is 4.68. The van der Waals surface area contributed by atoms with Crippen LogP contribution in [0.3, 0.4) is 0 Å². The van der Waals surface area contributed by atoms with Crippen LogP contribution in [0.4, 0.5) is 11.4 Å². The lowest BCUT2D eigenvalue weighted by Crippen LogP contribution is -2.25. The average Bonchev–Trinajstić information content (AvgIpc) is 2.59. The van der Waals surface area contributed by atoms with E-state index in [0.29, 0.717) is 13.0 Å². The largest absolute Gasteiger partial charge is 0.339 e. The van der Waals surface area contributed by atoms with E-state index in [0.717, 1.165) is 18.5 Å². The molecular weight excluding hydrogens is 354 g/mol. The molecule has 0 aliphatic carbocycles. The molecule has 3 rings (SSSR count). The summed E-state index contributed by atoms with van der Waals surface area (Å²) in [5.74, 6) is -0.219. The van der Waals surface area contributed by atoms with Crippen LogP contribution in [0.1, 0.15) is 31.4 Å². The Kier molecular flexibility index (Phi) is 5.41. The van der Waals surface area contributed by atoms with E-state index in [4.69, 9.17) is 4.55 Å². The zero-order valence-electron chi connectivity index (χ0n) is 14.5. The number of rotatable bonds is 6. The zero-order chi connectivity index (χ0) is 18.0. The van der Waals surface area contributed by atoms with Crippen molar-refractivity contribution in [1.29, 1.82) is 0 Å². The van der Waals surface area contributed by atoms with Crippen LogP contribution in [0.25, 0.3) is 0 Å². The van der Waals surface area contributed by atoms with Gasteiger partial charge in [0.15, 0.2) is 0 Å². The third kappa shape index (κ3) is 3.86. The van der Waals surface area contributed by atoms with Crippen LogP contribution in [-0.2, 0) is 23.0 Å². The Bertz CT molecular complexity index is 878. The molecule has 0 unspecified atom stereocenters. The fourth-order valence-electron chi connectivity index (χ4n) is 3.29. The van der Waals surface area contributed by atoms with Crippen molar-refractivity contribution in [3.05, 3.63) is 47.5 Å². The van der Waals surface area contributed by atoms with E-state index in [-0.39, 0.29) is 5.75 Å². The van der Waals surface area contributed by atoms with Crippen LogP contribution in [-0.4, -0.2) is 25.3 Å². The van der Waals surface area contributed by atoms with Crippen molar-refractivity contribution < 1.29 is 13.0 Å². The Hall–Kier alpha value is -1.50. The van der Waals surface area contributed by atoms with Crippen LogP contribution in [0.15, 0.2) is 46.2 Å². The Labute approximate surface area is 154 Å². The van der Waals surface area contributed by atoms with Crippen LogP contribution >= 0.6 is 11.8 Å². The lowest BCUT2D eigenvalue weighted by Gasteiger charge is -2.35. The summed E-state index contributed by atoms with van der Waals surface area (Å²) >= 11 is 1.80. The molecule has 0 saturated heterocycles. The fraction of sp³-hybridized carbons (Fsp3) is 0.368. The molecular formula is C19H23NO3S2. The highest BCUT2D eigenvalue weighted by Crippen LogP contribution is 2.51. The Morgan fingerprint density at radius 2 is 1.72 bits per heavy atom. The SMILES string of the molecule is CCc1cccc2c1Sc1cccc(CC)c1N2CCCS(=O)(=O)O. The first-order valence-electron chi connectivity index (χ1n) is 8.59. The van der Waals surface area contributed by atoms with E-state index < -0.39 is 10.1 Å². The van der Waals surface area contributed by atoms with Crippen molar-refractivity contribution in [3.8, 4) is 0 Å². The Balaban J connectivity index is 2.06. The number of hydrogen-bond acceptors (Lipinski definition) is 4. The summed E-state index contributed by atoms with van der Waals surface area (Å²) in [6.45, 7) is 4.84. The molecule has 0 radical (unpaired) electrons. The Morgan fingerprint density at radius 3 is 2.40 bits per heavy atom. The van der Waals surface area contributed by atoms with Gasteiger partial charge in [-0.15, -0.1) is 0 Å². The van der Waals surface area contributed by atoms with E-state index in [9.17, 15) is 8.42 Å². The van der Waals surface area contributed by atoms with Gasteiger partial charge in [0.2, 0.25) is 0 Å². The monoisotopic (exact) mass is 377 g/mol. The van der Waals surface area contributed by atoms with Crippen LogP contribution in [0.2, 0.25) is 0 Å². The van der Waals surface area contributed by atoms with Gasteiger partial charge in [-0.1, -0.05) is 49.9 Å². The summed E-state index contributed by atoms with van der Waals surface area (Å²) in [7, 11) is -3.94. The van der Waals surface area contributed by atoms with Gasteiger partial charge < -0.3 is 4.90 Å². The summed E-state index contributed by atoms with van der Waals surface area (Å²) in [6, 6.07) is 12.7. The minimum Gasteiger partial charge on any atom is -0.339 e. The van der Waals surface area contributed by atoms with Crippen LogP contribution in [0.5, 0.6) is 0 Å². The van der Waals surface area contributed by atoms with E-state index in [2.05, 4.69) is 55.1 Å². The summed E-state index contributed by atoms with van der Waals surface area (Å²) in [6.07, 6.45) is 2.26. The number of nitrogens with zero attached hydrogens (tertiary/aromatic N) is 1. The molecule has 1 aliphatic heterocycles. The highest BCUT2D eigenvalue weighted by molar-refractivity contribution is 7.99. The third-order valence-electron chi connectivity index (χ3n) is 4.48. The molecule has 0 fully saturated rings. The lowest BCUT2D eigenvalue weighted by atomic mass is 10.1. The van der Waals surface area contributed by atoms with E-state index in [1.165, 1.54) is 26.6 Å². The van der Waals surface area contributed by atoms with Gasteiger partial charge in [-0.2, -0.15) is 8.42 Å². The fourth-order valence-corrected chi connectivity index (χ4v) is 5.11. The van der Waals surface area contributed by atoms with Gasteiger partial charge in [-0.3, -0.25) is 4.55 Å². The standard InChI is InChI=1S/C19H23NO3S2/c1-3-14-8-6-11-17-18(14)20(12-7-13-25(21,22)23)16-10-5-9-15(4-2)19(16)24-17/h5-6,8-11H,3-4,7,12-13H2,1-2H3,(H,21,22,23). The number of benzene rings is 2. The molecule has 1 heterocycles. The zero-order valence-corrected chi connectivity index (χ0v) is 16.2. The highest BCUT2D eigenvalue weighted by Gasteiger charge is 2.26. The van der Waals surface area contributed by atoms with Crippen molar-refractivity contribution >= 4 is 33.3 Å². The van der Waals surface area contributed by atoms with Gasteiger partial charge >= 0.3 is 0 Å². The van der Waals surface area contributed by atoms with Gasteiger partial charge in [-0.25, -0.2) is 0 Å². The van der Waals surface area contributed by atoms with Gasteiger partial charge in [-0.05, 0) is 42.5 Å². The molecule has 0 bridgehead atoms. The van der Waals surface area contributed by atoms with Crippen LogP contribution in [0, 0.1) is 0 Å². The molecule has 6 heteroatoms. The summed E-state index contributed by atoms with van der Waals surface area (Å²) in [5.41, 5.74) is 4.86. The van der Waals surface area contributed by atoms with Gasteiger partial charge in [0, 0.05) is 16.3 Å². The number of anilines is 2. The molecule has 0 saturated carbocycles. The van der Waals surface area contributed by atoms with Crippen molar-refractivity contribution in [2.75, 3.05) is 17.2 Å². The Morgan fingerprint density at radius 1 is 1.04 bits per heavy atom. The van der Waals surface area contributed by atoms with E-state index >= 15 is 0 Å². The molecule has 1 N–H and O–H groups in total. The van der Waals surface area contributed by atoms with E-state index in [1.54, 1.807) is 11.8 Å². The van der Waals surface area contributed by atoms with Gasteiger partial charge in [0.25, 0.3) is 10.1 Å². The third-order valence-corrected chi connectivity index (χ3v) is 6.51. The predicted octanol–water partition coefficient (Wildman–Crippen LogP) is 4.69. The second-order valence-electron chi connectivity index (χ2n) is 6.13. The van der Waals surface area contributed by atoms with Gasteiger partial charge in [0.05, 0.1) is 17.1 Å². The molecule has 2 aromatic carbocycles. The molecule has 0 atom stereocenters. The number of hydrogen-bond donors (Lipinski definition) is 1. The first-order chi connectivity index (χ1) is 11.9. The smallest absolute Gasteiger partial charge is 0.264 e. The van der Waals surface area contributed by atoms with E-state index in [1.807, 2.05) is 0 Å². The minimum atomic E-state index is -3.94. The maximum atomic E-state index is 11.1. The summed E-state index contributed by atoms with van der Waals surface area (Å²) < 4.78 is 31.3. The maximum absolute atomic E-state index is 11.1. The second kappa shape index (κ2) is 7.40. The number of aryl methyl sites for hydroxylation is 2. The quantitative estimate of drug-likeness (QED) is 0.740. The predicted molar refractivity (Wildman–Crippen MR) is 104 cm³/mol.